The molecule has 144 valence electrons. The van der Waals surface area contributed by atoms with Gasteiger partial charge in [0.1, 0.15) is 0 Å². The lowest BCUT2D eigenvalue weighted by Gasteiger charge is -2.16. The van der Waals surface area contributed by atoms with Crippen molar-refractivity contribution in [1.82, 2.24) is 25.7 Å². The first-order valence-corrected chi connectivity index (χ1v) is 9.98. The molecule has 0 bridgehead atoms. The van der Waals surface area contributed by atoms with E-state index in [-0.39, 0.29) is 11.8 Å². The van der Waals surface area contributed by atoms with Gasteiger partial charge in [-0.25, -0.2) is 0 Å². The van der Waals surface area contributed by atoms with Crippen LogP contribution in [0.25, 0.3) is 11.3 Å². The van der Waals surface area contributed by atoms with Crippen LogP contribution < -0.4 is 16.2 Å². The predicted octanol–water partition coefficient (Wildman–Crippen LogP) is 2.78. The summed E-state index contributed by atoms with van der Waals surface area (Å²) in [5.74, 6) is 0.318. The number of nitrogens with zero attached hydrogens (tertiary/aromatic N) is 2. The van der Waals surface area contributed by atoms with Crippen LogP contribution >= 0.6 is 11.9 Å². The minimum Gasteiger partial charge on any atom is -0.352 e. The van der Waals surface area contributed by atoms with E-state index in [9.17, 15) is 9.59 Å². The summed E-state index contributed by atoms with van der Waals surface area (Å²) >= 11 is 1.34. The van der Waals surface area contributed by atoms with Crippen molar-refractivity contribution in [2.24, 2.45) is 5.92 Å². The molecule has 0 saturated heterocycles. The second kappa shape index (κ2) is 8.04. The lowest BCUT2D eigenvalue weighted by molar-refractivity contribution is 0.0870. The van der Waals surface area contributed by atoms with Crippen molar-refractivity contribution < 1.29 is 9.59 Å². The highest BCUT2D eigenvalue weighted by Crippen LogP contribution is 2.28. The molecule has 1 fully saturated rings. The molecule has 7 nitrogen and oxygen atoms in total. The van der Waals surface area contributed by atoms with E-state index in [4.69, 9.17) is 0 Å². The highest BCUT2D eigenvalue weighted by atomic mass is 32.2. The minimum absolute atomic E-state index is 0.0972. The molecule has 2 heterocycles. The van der Waals surface area contributed by atoms with E-state index < -0.39 is 0 Å². The van der Waals surface area contributed by atoms with Gasteiger partial charge in [-0.15, -0.1) is 0 Å². The van der Waals surface area contributed by atoms with Gasteiger partial charge in [0, 0.05) is 35.5 Å². The average Bonchev–Trinajstić information content (AvgIpc) is 3.41. The van der Waals surface area contributed by atoms with Crippen molar-refractivity contribution in [2.45, 2.75) is 19.8 Å². The van der Waals surface area contributed by atoms with Gasteiger partial charge >= 0.3 is 0 Å². The van der Waals surface area contributed by atoms with Crippen LogP contribution in [0.5, 0.6) is 0 Å². The molecular formula is C20H21N5O2S. The monoisotopic (exact) mass is 395 g/mol. The molecule has 2 aliphatic rings. The van der Waals surface area contributed by atoms with E-state index in [0.717, 1.165) is 23.4 Å². The van der Waals surface area contributed by atoms with Gasteiger partial charge in [-0.05, 0) is 67.5 Å². The molecule has 1 aliphatic carbocycles. The SMILES string of the molecule is Cc1ccc(C(=O)NN2NC=CS2)cc1-c1ccc(C(=O)NCC2CC2)cn1. The molecule has 4 rings (SSSR count). The zero-order valence-electron chi connectivity index (χ0n) is 15.4. The summed E-state index contributed by atoms with van der Waals surface area (Å²) < 4.78 is 1.52. The van der Waals surface area contributed by atoms with E-state index in [1.807, 2.05) is 30.5 Å². The van der Waals surface area contributed by atoms with Crippen LogP contribution in [0.1, 0.15) is 39.1 Å². The van der Waals surface area contributed by atoms with Crippen LogP contribution in [0.15, 0.2) is 48.1 Å². The predicted molar refractivity (Wildman–Crippen MR) is 109 cm³/mol. The zero-order chi connectivity index (χ0) is 19.5. The van der Waals surface area contributed by atoms with Gasteiger partial charge in [0.25, 0.3) is 11.8 Å². The second-order valence-electron chi connectivity index (χ2n) is 6.89. The number of rotatable bonds is 6. The van der Waals surface area contributed by atoms with Gasteiger partial charge in [0.15, 0.2) is 0 Å². The van der Waals surface area contributed by atoms with Crippen LogP contribution in [-0.4, -0.2) is 27.9 Å². The molecule has 1 aromatic carbocycles. The van der Waals surface area contributed by atoms with Gasteiger partial charge in [-0.1, -0.05) is 10.6 Å². The number of hydrogen-bond acceptors (Lipinski definition) is 6. The fraction of sp³-hybridized carbons (Fsp3) is 0.250. The Bertz CT molecular complexity index is 917. The molecule has 2 aromatic rings. The molecule has 1 aliphatic heterocycles. The van der Waals surface area contributed by atoms with Crippen molar-refractivity contribution in [2.75, 3.05) is 6.54 Å². The third kappa shape index (κ3) is 4.35. The van der Waals surface area contributed by atoms with Crippen molar-refractivity contribution in [1.29, 1.82) is 0 Å². The Morgan fingerprint density at radius 2 is 2.04 bits per heavy atom. The van der Waals surface area contributed by atoms with Crippen molar-refractivity contribution in [3.63, 3.8) is 0 Å². The molecule has 3 N–H and O–H groups in total. The fourth-order valence-corrected chi connectivity index (χ4v) is 3.32. The van der Waals surface area contributed by atoms with Gasteiger partial charge < -0.3 is 5.32 Å². The summed E-state index contributed by atoms with van der Waals surface area (Å²) in [7, 11) is 0. The van der Waals surface area contributed by atoms with Crippen LogP contribution in [-0.2, 0) is 0 Å². The molecule has 1 saturated carbocycles. The summed E-state index contributed by atoms with van der Waals surface area (Å²) in [6.45, 7) is 2.70. The maximum Gasteiger partial charge on any atom is 0.267 e. The molecule has 8 heteroatoms. The van der Waals surface area contributed by atoms with Crippen molar-refractivity contribution >= 4 is 23.8 Å². The van der Waals surface area contributed by atoms with E-state index in [2.05, 4.69) is 21.2 Å². The standard InChI is InChI=1S/C20H21N5O2S/c1-13-2-5-15(20(27)24-25-23-8-9-28-25)10-17(13)18-7-6-16(12-21-18)19(26)22-11-14-3-4-14/h2,5-10,12,14,23H,3-4,11H2,1H3,(H,22,26)(H,24,27). The smallest absolute Gasteiger partial charge is 0.267 e. The number of pyridine rings is 1. The molecule has 2 amide bonds. The topological polar surface area (TPSA) is 86.4 Å². The summed E-state index contributed by atoms with van der Waals surface area (Å²) in [5.41, 5.74) is 9.30. The van der Waals surface area contributed by atoms with E-state index in [1.165, 1.54) is 29.3 Å². The fourth-order valence-electron chi connectivity index (χ4n) is 2.82. The zero-order valence-corrected chi connectivity index (χ0v) is 16.3. The highest BCUT2D eigenvalue weighted by Gasteiger charge is 2.22. The quantitative estimate of drug-likeness (QED) is 0.652. The maximum atomic E-state index is 12.5. The largest absolute Gasteiger partial charge is 0.352 e. The van der Waals surface area contributed by atoms with Gasteiger partial charge in [-0.3, -0.25) is 25.4 Å². The summed E-state index contributed by atoms with van der Waals surface area (Å²) in [4.78, 5) is 29.1. The molecule has 1 aromatic heterocycles. The summed E-state index contributed by atoms with van der Waals surface area (Å²) in [5, 5.41) is 4.77. The Morgan fingerprint density at radius 1 is 1.21 bits per heavy atom. The lowest BCUT2D eigenvalue weighted by atomic mass is 10.0. The van der Waals surface area contributed by atoms with Crippen molar-refractivity contribution in [3.8, 4) is 11.3 Å². The lowest BCUT2D eigenvalue weighted by Crippen LogP contribution is -2.41. The first-order valence-electron chi connectivity index (χ1n) is 9.14. The number of hydrazine groups is 2. The van der Waals surface area contributed by atoms with Crippen LogP contribution in [0.4, 0.5) is 0 Å². The van der Waals surface area contributed by atoms with Gasteiger partial charge in [0.2, 0.25) is 0 Å². The number of amides is 2. The average molecular weight is 395 g/mol. The highest BCUT2D eigenvalue weighted by molar-refractivity contribution is 8.00. The number of aryl methyl sites for hydroxylation is 1. The van der Waals surface area contributed by atoms with E-state index in [1.54, 1.807) is 24.5 Å². The van der Waals surface area contributed by atoms with Crippen LogP contribution in [0.3, 0.4) is 0 Å². The molecular weight excluding hydrogens is 374 g/mol. The molecule has 0 radical (unpaired) electrons. The summed E-state index contributed by atoms with van der Waals surface area (Å²) in [6, 6.07) is 9.08. The van der Waals surface area contributed by atoms with Crippen LogP contribution in [0.2, 0.25) is 0 Å². The third-order valence-electron chi connectivity index (χ3n) is 4.68. The van der Waals surface area contributed by atoms with Crippen LogP contribution in [0, 0.1) is 12.8 Å². The number of hydrogen-bond donors (Lipinski definition) is 3. The number of nitrogens with one attached hydrogen (secondary N) is 3. The summed E-state index contributed by atoms with van der Waals surface area (Å²) in [6.07, 6.45) is 5.71. The number of aromatic nitrogens is 1. The second-order valence-corrected chi connectivity index (χ2v) is 7.74. The number of benzene rings is 1. The number of carbonyl (C=O) groups excluding carboxylic acids is 2. The molecule has 0 unspecified atom stereocenters. The van der Waals surface area contributed by atoms with Crippen molar-refractivity contribution in [3.05, 3.63) is 64.8 Å². The number of carbonyl (C=O) groups is 2. The molecule has 0 atom stereocenters. The Morgan fingerprint density at radius 3 is 2.71 bits per heavy atom. The van der Waals surface area contributed by atoms with Gasteiger partial charge in [0.05, 0.1) is 11.3 Å². The normalized spacial score (nSPS) is 15.9. The van der Waals surface area contributed by atoms with Gasteiger partial charge in [-0.2, -0.15) is 0 Å². The molecule has 28 heavy (non-hydrogen) atoms. The van der Waals surface area contributed by atoms with E-state index in [0.29, 0.717) is 17.0 Å². The Labute approximate surface area is 167 Å². The minimum atomic E-state index is -0.221. The Kier molecular flexibility index (Phi) is 5.31. The Balaban J connectivity index is 1.47. The molecule has 0 spiro atoms. The Hall–Kier alpha value is -2.84. The third-order valence-corrected chi connectivity index (χ3v) is 5.34. The maximum absolute atomic E-state index is 12.5. The van der Waals surface area contributed by atoms with E-state index >= 15 is 0 Å². The first kappa shape index (κ1) is 18.5. The first-order chi connectivity index (χ1) is 13.6.